The molecule has 1 aromatic heterocycles. The van der Waals surface area contributed by atoms with Gasteiger partial charge in [-0.25, -0.2) is 0 Å². The molecule has 2 aromatic carbocycles. The first kappa shape index (κ1) is 22.7. The van der Waals surface area contributed by atoms with Gasteiger partial charge in [-0.1, -0.05) is 55.7 Å². The second kappa shape index (κ2) is 9.57. The van der Waals surface area contributed by atoms with Crippen molar-refractivity contribution in [3.63, 3.8) is 0 Å². The maximum atomic E-state index is 14.1. The third-order valence-corrected chi connectivity index (χ3v) is 6.60. The third-order valence-electron chi connectivity index (χ3n) is 6.60. The van der Waals surface area contributed by atoms with E-state index in [-0.39, 0.29) is 11.8 Å². The van der Waals surface area contributed by atoms with Crippen molar-refractivity contribution < 1.29 is 9.59 Å². The monoisotopic (exact) mass is 441 g/mol. The van der Waals surface area contributed by atoms with Crippen LogP contribution in [0.1, 0.15) is 59.3 Å². The molecule has 0 aliphatic heterocycles. The van der Waals surface area contributed by atoms with Crippen LogP contribution in [0, 0.1) is 20.8 Å². The molecule has 0 unspecified atom stereocenters. The molecule has 1 aliphatic carbocycles. The summed E-state index contributed by atoms with van der Waals surface area (Å²) in [6.45, 7) is 5.98. The molecule has 5 heteroatoms. The van der Waals surface area contributed by atoms with E-state index in [1.54, 1.807) is 29.3 Å². The second-order valence-corrected chi connectivity index (χ2v) is 9.01. The highest BCUT2D eigenvalue weighted by Gasteiger charge is 2.48. The van der Waals surface area contributed by atoms with Crippen LogP contribution in [0.4, 0.5) is 11.4 Å². The molecular formula is C28H31N3O2. The molecule has 3 aromatic rings. The summed E-state index contributed by atoms with van der Waals surface area (Å²) in [5, 5.41) is 3.21. The Kier molecular flexibility index (Phi) is 6.59. The van der Waals surface area contributed by atoms with E-state index in [1.807, 2.05) is 63.2 Å². The molecule has 0 spiro atoms. The van der Waals surface area contributed by atoms with Gasteiger partial charge >= 0.3 is 0 Å². The highest BCUT2D eigenvalue weighted by Crippen LogP contribution is 2.39. The molecule has 4 rings (SSSR count). The van der Waals surface area contributed by atoms with Gasteiger partial charge in [-0.05, 0) is 74.6 Å². The number of aromatic nitrogens is 1. The van der Waals surface area contributed by atoms with Crippen molar-refractivity contribution >= 4 is 23.2 Å². The van der Waals surface area contributed by atoms with E-state index < -0.39 is 5.54 Å². The molecule has 5 nitrogen and oxygen atoms in total. The van der Waals surface area contributed by atoms with Gasteiger partial charge in [0.15, 0.2) is 0 Å². The molecule has 1 fully saturated rings. The average Bonchev–Trinajstić information content (AvgIpc) is 2.82. The predicted molar refractivity (Wildman–Crippen MR) is 133 cm³/mol. The number of nitrogens with zero attached hydrogens (tertiary/aromatic N) is 2. The van der Waals surface area contributed by atoms with Crippen LogP contribution in [0.25, 0.3) is 0 Å². The summed E-state index contributed by atoms with van der Waals surface area (Å²) in [6, 6.07) is 19.1. The summed E-state index contributed by atoms with van der Waals surface area (Å²) < 4.78 is 0. The number of para-hydroxylation sites is 1. The lowest BCUT2D eigenvalue weighted by Gasteiger charge is -2.45. The van der Waals surface area contributed by atoms with E-state index in [1.165, 1.54) is 0 Å². The molecule has 2 amide bonds. The Labute approximate surface area is 195 Å². The number of nitrogens with one attached hydrogen (secondary N) is 1. The van der Waals surface area contributed by atoms with Crippen molar-refractivity contribution in [1.29, 1.82) is 0 Å². The number of anilines is 2. The van der Waals surface area contributed by atoms with E-state index in [0.717, 1.165) is 47.3 Å². The largest absolute Gasteiger partial charge is 0.324 e. The Morgan fingerprint density at radius 2 is 1.58 bits per heavy atom. The summed E-state index contributed by atoms with van der Waals surface area (Å²) in [4.78, 5) is 34.1. The Bertz CT molecular complexity index is 1130. The van der Waals surface area contributed by atoms with Crippen LogP contribution >= 0.6 is 0 Å². The summed E-state index contributed by atoms with van der Waals surface area (Å²) in [5.41, 5.74) is 3.94. The average molecular weight is 442 g/mol. The molecule has 33 heavy (non-hydrogen) atoms. The lowest BCUT2D eigenvalue weighted by molar-refractivity contribution is -0.122. The van der Waals surface area contributed by atoms with E-state index in [0.29, 0.717) is 18.5 Å². The summed E-state index contributed by atoms with van der Waals surface area (Å²) in [7, 11) is 0. The van der Waals surface area contributed by atoms with Crippen LogP contribution in [0.2, 0.25) is 0 Å². The number of hydrogen-bond donors (Lipinski definition) is 1. The van der Waals surface area contributed by atoms with Gasteiger partial charge in [0.2, 0.25) is 0 Å². The molecular weight excluding hydrogens is 410 g/mol. The molecule has 0 radical (unpaired) electrons. The molecule has 1 heterocycles. The molecule has 0 bridgehead atoms. The van der Waals surface area contributed by atoms with Crippen LogP contribution in [0.15, 0.2) is 66.9 Å². The molecule has 1 aliphatic rings. The fraction of sp³-hybridized carbons (Fsp3) is 0.321. The first-order chi connectivity index (χ1) is 15.9. The van der Waals surface area contributed by atoms with Gasteiger partial charge in [-0.3, -0.25) is 19.5 Å². The van der Waals surface area contributed by atoms with Gasteiger partial charge in [-0.15, -0.1) is 0 Å². The number of pyridine rings is 1. The fourth-order valence-electron chi connectivity index (χ4n) is 4.86. The number of amides is 2. The maximum absolute atomic E-state index is 14.1. The first-order valence-electron chi connectivity index (χ1n) is 11.6. The lowest BCUT2D eigenvalue weighted by Crippen LogP contribution is -2.60. The van der Waals surface area contributed by atoms with E-state index in [9.17, 15) is 9.59 Å². The van der Waals surface area contributed by atoms with Crippen molar-refractivity contribution in [3.05, 3.63) is 89.2 Å². The van der Waals surface area contributed by atoms with Crippen molar-refractivity contribution in [2.24, 2.45) is 0 Å². The van der Waals surface area contributed by atoms with E-state index in [4.69, 9.17) is 0 Å². The van der Waals surface area contributed by atoms with Crippen LogP contribution < -0.4 is 10.2 Å². The van der Waals surface area contributed by atoms with Crippen LogP contribution in [0.5, 0.6) is 0 Å². The van der Waals surface area contributed by atoms with Gasteiger partial charge in [0.25, 0.3) is 11.8 Å². The molecule has 1 N–H and O–H groups in total. The Balaban J connectivity index is 1.84. The SMILES string of the molecule is Cc1cccc(N(C(=O)c2ccccn2)C2(C(=O)Nc3c(C)cccc3C)CCCCC2)c1. The number of benzene rings is 2. The van der Waals surface area contributed by atoms with Gasteiger partial charge in [-0.2, -0.15) is 0 Å². The van der Waals surface area contributed by atoms with Crippen molar-refractivity contribution in [2.75, 3.05) is 10.2 Å². The zero-order valence-electron chi connectivity index (χ0n) is 19.6. The minimum Gasteiger partial charge on any atom is -0.324 e. The van der Waals surface area contributed by atoms with E-state index in [2.05, 4.69) is 10.3 Å². The van der Waals surface area contributed by atoms with Gasteiger partial charge in [0.05, 0.1) is 0 Å². The van der Waals surface area contributed by atoms with Gasteiger partial charge < -0.3 is 5.32 Å². The molecule has 1 saturated carbocycles. The van der Waals surface area contributed by atoms with Gasteiger partial charge in [0, 0.05) is 17.6 Å². The standard InChI is InChI=1S/C28H31N3O2/c1-20-11-9-14-23(19-20)31(26(32)24-15-5-8-18-29-24)28(16-6-4-7-17-28)27(33)30-25-21(2)12-10-13-22(25)3/h5,8-15,18-19H,4,6-7,16-17H2,1-3H3,(H,30,33). The van der Waals surface area contributed by atoms with Crippen molar-refractivity contribution in [3.8, 4) is 0 Å². The first-order valence-corrected chi connectivity index (χ1v) is 11.6. The highest BCUT2D eigenvalue weighted by atomic mass is 16.2. The normalized spacial score (nSPS) is 15.0. The summed E-state index contributed by atoms with van der Waals surface area (Å²) >= 11 is 0. The minimum absolute atomic E-state index is 0.134. The smallest absolute Gasteiger partial charge is 0.277 e. The quantitative estimate of drug-likeness (QED) is 0.529. The third kappa shape index (κ3) is 4.54. The van der Waals surface area contributed by atoms with Crippen molar-refractivity contribution in [2.45, 2.75) is 58.4 Å². The van der Waals surface area contributed by atoms with E-state index >= 15 is 0 Å². The highest BCUT2D eigenvalue weighted by molar-refractivity contribution is 6.13. The number of hydrogen-bond acceptors (Lipinski definition) is 3. The van der Waals surface area contributed by atoms with Crippen molar-refractivity contribution in [1.82, 2.24) is 4.98 Å². The van der Waals surface area contributed by atoms with Crippen LogP contribution in [-0.2, 0) is 4.79 Å². The Hall–Kier alpha value is -3.47. The van der Waals surface area contributed by atoms with Gasteiger partial charge in [0.1, 0.15) is 11.2 Å². The zero-order chi connectivity index (χ0) is 23.4. The fourth-order valence-corrected chi connectivity index (χ4v) is 4.86. The second-order valence-electron chi connectivity index (χ2n) is 9.01. The molecule has 0 saturated heterocycles. The number of aryl methyl sites for hydroxylation is 3. The lowest BCUT2D eigenvalue weighted by atomic mass is 9.78. The Morgan fingerprint density at radius 3 is 2.21 bits per heavy atom. The summed E-state index contributed by atoms with van der Waals surface area (Å²) in [5.74, 6) is -0.384. The molecule has 0 atom stereocenters. The van der Waals surface area contributed by atoms with Crippen LogP contribution in [-0.4, -0.2) is 22.3 Å². The number of carbonyl (C=O) groups excluding carboxylic acids is 2. The molecule has 170 valence electrons. The number of carbonyl (C=O) groups is 2. The van der Waals surface area contributed by atoms with Crippen LogP contribution in [0.3, 0.4) is 0 Å². The topological polar surface area (TPSA) is 62.3 Å². The zero-order valence-corrected chi connectivity index (χ0v) is 19.6. The predicted octanol–water partition coefficient (Wildman–Crippen LogP) is 6.00. The number of rotatable bonds is 5. The maximum Gasteiger partial charge on any atom is 0.277 e. The Morgan fingerprint density at radius 1 is 0.879 bits per heavy atom. The summed E-state index contributed by atoms with van der Waals surface area (Å²) in [6.07, 6.45) is 5.66. The minimum atomic E-state index is -0.991.